The first kappa shape index (κ1) is 18.9. The zero-order chi connectivity index (χ0) is 17.4. The number of ether oxygens (including phenoxy) is 1. The van der Waals surface area contributed by atoms with Crippen molar-refractivity contribution in [2.75, 3.05) is 32.6 Å². The van der Waals surface area contributed by atoms with Crippen LogP contribution >= 0.6 is 0 Å². The van der Waals surface area contributed by atoms with Crippen molar-refractivity contribution in [2.24, 2.45) is 0 Å². The van der Waals surface area contributed by atoms with E-state index in [0.717, 1.165) is 5.56 Å². The standard InChI is InChI=1S/C17H26N2O4S/c1-24(21,22)19(16-9-13-23-14-10-16)12-11-18-17(20)8-7-15-5-3-2-4-6-15/h2-6,16H,7-14H2,1H3,(H,18,20). The van der Waals surface area contributed by atoms with E-state index in [2.05, 4.69) is 5.32 Å². The van der Waals surface area contributed by atoms with Gasteiger partial charge in [0.05, 0.1) is 6.26 Å². The summed E-state index contributed by atoms with van der Waals surface area (Å²) in [6.45, 7) is 1.80. The molecule has 1 saturated heterocycles. The smallest absolute Gasteiger partial charge is 0.220 e. The number of rotatable bonds is 8. The van der Waals surface area contributed by atoms with Crippen molar-refractivity contribution < 1.29 is 17.9 Å². The van der Waals surface area contributed by atoms with Gasteiger partial charge in [0.1, 0.15) is 0 Å². The average Bonchev–Trinajstić information content (AvgIpc) is 2.57. The Labute approximate surface area is 144 Å². The molecule has 1 N–H and O–H groups in total. The molecule has 0 unspecified atom stereocenters. The van der Waals surface area contributed by atoms with Crippen LogP contribution in [0.2, 0.25) is 0 Å². The molecule has 1 aliphatic rings. The second kappa shape index (κ2) is 9.15. The highest BCUT2D eigenvalue weighted by Gasteiger charge is 2.27. The van der Waals surface area contributed by atoms with E-state index in [9.17, 15) is 13.2 Å². The van der Waals surface area contributed by atoms with Crippen molar-refractivity contribution in [3.8, 4) is 0 Å². The summed E-state index contributed by atoms with van der Waals surface area (Å²) in [4.78, 5) is 11.9. The molecule has 7 heteroatoms. The Bertz CT molecular complexity index is 613. The first-order valence-electron chi connectivity index (χ1n) is 8.32. The summed E-state index contributed by atoms with van der Waals surface area (Å²) >= 11 is 0. The summed E-state index contributed by atoms with van der Waals surface area (Å²) < 4.78 is 30.8. The van der Waals surface area contributed by atoms with Gasteiger partial charge in [-0.25, -0.2) is 8.42 Å². The van der Waals surface area contributed by atoms with Crippen molar-refractivity contribution in [3.63, 3.8) is 0 Å². The lowest BCUT2D eigenvalue weighted by Crippen LogP contribution is -2.46. The maximum atomic E-state index is 12.0. The number of sulfonamides is 1. The Morgan fingerprint density at radius 2 is 1.92 bits per heavy atom. The number of nitrogens with zero attached hydrogens (tertiary/aromatic N) is 1. The van der Waals surface area contributed by atoms with Crippen LogP contribution in [-0.2, 0) is 26.0 Å². The van der Waals surface area contributed by atoms with Crippen LogP contribution in [0.3, 0.4) is 0 Å². The maximum Gasteiger partial charge on any atom is 0.220 e. The molecule has 0 aromatic heterocycles. The summed E-state index contributed by atoms with van der Waals surface area (Å²) in [5.41, 5.74) is 1.12. The van der Waals surface area contributed by atoms with E-state index in [1.165, 1.54) is 10.6 Å². The molecule has 2 rings (SSSR count). The van der Waals surface area contributed by atoms with E-state index in [0.29, 0.717) is 52.0 Å². The quantitative estimate of drug-likeness (QED) is 0.760. The fraction of sp³-hybridized carbons (Fsp3) is 0.588. The predicted molar refractivity (Wildman–Crippen MR) is 93.2 cm³/mol. The predicted octanol–water partition coefficient (Wildman–Crippen LogP) is 1.18. The van der Waals surface area contributed by atoms with Gasteiger partial charge in [0.2, 0.25) is 15.9 Å². The third-order valence-electron chi connectivity index (χ3n) is 4.16. The van der Waals surface area contributed by atoms with Gasteiger partial charge >= 0.3 is 0 Å². The molecule has 0 atom stereocenters. The lowest BCUT2D eigenvalue weighted by atomic mass is 10.1. The van der Waals surface area contributed by atoms with Crippen molar-refractivity contribution in [1.82, 2.24) is 9.62 Å². The molecule has 134 valence electrons. The second-order valence-corrected chi connectivity index (χ2v) is 7.99. The van der Waals surface area contributed by atoms with Gasteiger partial charge in [-0.3, -0.25) is 4.79 Å². The number of benzene rings is 1. The van der Waals surface area contributed by atoms with Crippen LogP contribution in [0.25, 0.3) is 0 Å². The molecular weight excluding hydrogens is 328 g/mol. The van der Waals surface area contributed by atoms with Crippen molar-refractivity contribution in [1.29, 1.82) is 0 Å². The summed E-state index contributed by atoms with van der Waals surface area (Å²) in [5.74, 6) is -0.0562. The van der Waals surface area contributed by atoms with E-state index >= 15 is 0 Å². The number of carbonyl (C=O) groups excluding carboxylic acids is 1. The molecular formula is C17H26N2O4S. The van der Waals surface area contributed by atoms with E-state index in [-0.39, 0.29) is 11.9 Å². The van der Waals surface area contributed by atoms with E-state index in [1.807, 2.05) is 30.3 Å². The highest BCUT2D eigenvalue weighted by Crippen LogP contribution is 2.16. The fourth-order valence-electron chi connectivity index (χ4n) is 2.89. The lowest BCUT2D eigenvalue weighted by Gasteiger charge is -2.32. The molecule has 0 aliphatic carbocycles. The molecule has 1 aromatic carbocycles. The molecule has 1 aliphatic heterocycles. The zero-order valence-corrected chi connectivity index (χ0v) is 14.9. The molecule has 0 spiro atoms. The minimum atomic E-state index is -3.29. The average molecular weight is 354 g/mol. The van der Waals surface area contributed by atoms with Gasteiger partial charge in [0, 0.05) is 38.8 Å². The van der Waals surface area contributed by atoms with E-state index in [1.54, 1.807) is 0 Å². The monoisotopic (exact) mass is 354 g/mol. The number of hydrogen-bond donors (Lipinski definition) is 1. The Morgan fingerprint density at radius 3 is 2.54 bits per heavy atom. The maximum absolute atomic E-state index is 12.0. The number of amides is 1. The van der Waals surface area contributed by atoms with Crippen LogP contribution in [0.15, 0.2) is 30.3 Å². The second-order valence-electron chi connectivity index (χ2n) is 6.05. The number of nitrogens with one attached hydrogen (secondary N) is 1. The fourth-order valence-corrected chi connectivity index (χ4v) is 4.06. The Hall–Kier alpha value is -1.44. The lowest BCUT2D eigenvalue weighted by molar-refractivity contribution is -0.121. The van der Waals surface area contributed by atoms with Crippen molar-refractivity contribution in [3.05, 3.63) is 35.9 Å². The molecule has 1 heterocycles. The van der Waals surface area contributed by atoms with Gasteiger partial charge in [-0.1, -0.05) is 30.3 Å². The van der Waals surface area contributed by atoms with E-state index < -0.39 is 10.0 Å². The minimum Gasteiger partial charge on any atom is -0.381 e. The Morgan fingerprint density at radius 1 is 1.25 bits per heavy atom. The van der Waals surface area contributed by atoms with Crippen LogP contribution < -0.4 is 5.32 Å². The van der Waals surface area contributed by atoms with Crippen molar-refractivity contribution in [2.45, 2.75) is 31.7 Å². The van der Waals surface area contributed by atoms with Crippen LogP contribution in [0.1, 0.15) is 24.8 Å². The summed E-state index contributed by atoms with van der Waals surface area (Å²) in [6.07, 6.45) is 3.71. The van der Waals surface area contributed by atoms with Gasteiger partial charge in [-0.15, -0.1) is 0 Å². The van der Waals surface area contributed by atoms with Crippen LogP contribution in [-0.4, -0.2) is 57.2 Å². The first-order chi connectivity index (χ1) is 11.5. The zero-order valence-electron chi connectivity index (χ0n) is 14.1. The number of aryl methyl sites for hydroxylation is 1. The minimum absolute atomic E-state index is 0.0324. The Kier molecular flexibility index (Phi) is 7.20. The molecule has 6 nitrogen and oxygen atoms in total. The van der Waals surface area contributed by atoms with Gasteiger partial charge < -0.3 is 10.1 Å². The van der Waals surface area contributed by atoms with Gasteiger partial charge in [-0.05, 0) is 24.8 Å². The third kappa shape index (κ3) is 6.22. The van der Waals surface area contributed by atoms with Gasteiger partial charge in [0.15, 0.2) is 0 Å². The molecule has 1 fully saturated rings. The molecule has 1 amide bonds. The van der Waals surface area contributed by atoms with Gasteiger partial charge in [-0.2, -0.15) is 4.31 Å². The highest BCUT2D eigenvalue weighted by atomic mass is 32.2. The van der Waals surface area contributed by atoms with Crippen LogP contribution in [0.5, 0.6) is 0 Å². The van der Waals surface area contributed by atoms with E-state index in [4.69, 9.17) is 4.74 Å². The Balaban J connectivity index is 1.76. The summed E-state index contributed by atoms with van der Waals surface area (Å²) in [6, 6.07) is 9.79. The molecule has 0 saturated carbocycles. The normalized spacial score (nSPS) is 16.2. The topological polar surface area (TPSA) is 75.7 Å². The molecule has 1 aromatic rings. The summed E-state index contributed by atoms with van der Waals surface area (Å²) in [5, 5.41) is 2.82. The van der Waals surface area contributed by atoms with Crippen LogP contribution in [0, 0.1) is 0 Å². The molecule has 24 heavy (non-hydrogen) atoms. The van der Waals surface area contributed by atoms with Crippen molar-refractivity contribution >= 4 is 15.9 Å². The highest BCUT2D eigenvalue weighted by molar-refractivity contribution is 7.88. The molecule has 0 radical (unpaired) electrons. The number of hydrogen-bond acceptors (Lipinski definition) is 4. The number of carbonyl (C=O) groups is 1. The largest absolute Gasteiger partial charge is 0.381 e. The van der Waals surface area contributed by atoms with Crippen LogP contribution in [0.4, 0.5) is 0 Å². The molecule has 0 bridgehead atoms. The summed E-state index contributed by atoms with van der Waals surface area (Å²) in [7, 11) is -3.29. The SMILES string of the molecule is CS(=O)(=O)N(CCNC(=O)CCc1ccccc1)C1CCOCC1. The third-order valence-corrected chi connectivity index (χ3v) is 5.49. The van der Waals surface area contributed by atoms with Gasteiger partial charge in [0.25, 0.3) is 0 Å². The first-order valence-corrected chi connectivity index (χ1v) is 10.2.